The maximum absolute atomic E-state index is 3.81. The number of nitrogens with one attached hydrogen (secondary N) is 1. The molecule has 0 radical (unpaired) electrons. The summed E-state index contributed by atoms with van der Waals surface area (Å²) in [7, 11) is 1.87. The highest BCUT2D eigenvalue weighted by Gasteiger charge is 1.90. The number of aromatic nitrogens is 3. The van der Waals surface area contributed by atoms with E-state index in [9.17, 15) is 0 Å². The van der Waals surface area contributed by atoms with Gasteiger partial charge in [0, 0.05) is 6.20 Å². The number of nitrogens with zero attached hydrogens (tertiary/aromatic N) is 3. The van der Waals surface area contributed by atoms with Crippen molar-refractivity contribution in [2.75, 3.05) is 7.05 Å². The number of rotatable bonds is 2. The first-order valence-electron chi connectivity index (χ1n) is 2.84. The summed E-state index contributed by atoms with van der Waals surface area (Å²) < 4.78 is 1.75. The standard InChI is InChI=1S/C5H10N4/c1-5-3-9(4-6-2)8-7-5/h3,6H,4H2,1-2H3. The van der Waals surface area contributed by atoms with Gasteiger partial charge >= 0.3 is 0 Å². The van der Waals surface area contributed by atoms with Gasteiger partial charge < -0.3 is 5.32 Å². The van der Waals surface area contributed by atoms with Crippen LogP contribution in [0.5, 0.6) is 0 Å². The normalized spacial score (nSPS) is 10.0. The molecule has 4 nitrogen and oxygen atoms in total. The summed E-state index contributed by atoms with van der Waals surface area (Å²) in [6.45, 7) is 2.64. The van der Waals surface area contributed by atoms with Crippen LogP contribution in [0.25, 0.3) is 0 Å². The number of hydrogen-bond donors (Lipinski definition) is 1. The van der Waals surface area contributed by atoms with Crippen molar-refractivity contribution in [1.29, 1.82) is 0 Å². The molecule has 0 bridgehead atoms. The lowest BCUT2D eigenvalue weighted by Crippen LogP contribution is -2.13. The van der Waals surface area contributed by atoms with Gasteiger partial charge in [-0.05, 0) is 14.0 Å². The molecule has 0 saturated carbocycles. The molecular formula is C5H10N4. The minimum absolute atomic E-state index is 0.723. The maximum atomic E-state index is 3.81. The lowest BCUT2D eigenvalue weighted by Gasteiger charge is -1.93. The molecular weight excluding hydrogens is 116 g/mol. The number of aryl methyl sites for hydroxylation is 1. The molecule has 1 aromatic rings. The maximum Gasteiger partial charge on any atom is 0.0919 e. The molecule has 4 heteroatoms. The molecule has 0 atom stereocenters. The Balaban J connectivity index is 2.61. The first kappa shape index (κ1) is 6.22. The van der Waals surface area contributed by atoms with Crippen LogP contribution in [0.4, 0.5) is 0 Å². The average molecular weight is 126 g/mol. The Morgan fingerprint density at radius 3 is 3.00 bits per heavy atom. The summed E-state index contributed by atoms with van der Waals surface area (Å²) in [5, 5.41) is 10.6. The van der Waals surface area contributed by atoms with E-state index in [1.165, 1.54) is 0 Å². The van der Waals surface area contributed by atoms with Gasteiger partial charge in [0.1, 0.15) is 0 Å². The molecule has 0 unspecified atom stereocenters. The third-order valence-electron chi connectivity index (χ3n) is 0.973. The molecule has 1 heterocycles. The van der Waals surface area contributed by atoms with Crippen molar-refractivity contribution >= 4 is 0 Å². The molecule has 0 aliphatic carbocycles. The van der Waals surface area contributed by atoms with Gasteiger partial charge in [0.2, 0.25) is 0 Å². The van der Waals surface area contributed by atoms with Gasteiger partial charge in [0.25, 0.3) is 0 Å². The zero-order valence-electron chi connectivity index (χ0n) is 5.63. The second-order valence-corrected chi connectivity index (χ2v) is 1.91. The molecule has 0 spiro atoms. The molecule has 1 aromatic heterocycles. The van der Waals surface area contributed by atoms with Crippen LogP contribution in [-0.2, 0) is 6.67 Å². The molecule has 50 valence electrons. The zero-order chi connectivity index (χ0) is 6.69. The quantitative estimate of drug-likeness (QED) is 0.595. The Bertz CT molecular complexity index is 181. The van der Waals surface area contributed by atoms with E-state index in [1.54, 1.807) is 4.68 Å². The topological polar surface area (TPSA) is 42.7 Å². The first-order chi connectivity index (χ1) is 4.33. The van der Waals surface area contributed by atoms with E-state index in [-0.39, 0.29) is 0 Å². The molecule has 0 aliphatic rings. The van der Waals surface area contributed by atoms with E-state index in [2.05, 4.69) is 15.6 Å². The Hall–Kier alpha value is -0.900. The van der Waals surface area contributed by atoms with Crippen LogP contribution < -0.4 is 5.32 Å². The zero-order valence-corrected chi connectivity index (χ0v) is 5.63. The lowest BCUT2D eigenvalue weighted by atomic mass is 10.6. The van der Waals surface area contributed by atoms with Gasteiger partial charge in [0.05, 0.1) is 12.4 Å². The molecule has 0 fully saturated rings. The third kappa shape index (κ3) is 1.50. The van der Waals surface area contributed by atoms with Crippen molar-refractivity contribution in [3.05, 3.63) is 11.9 Å². The summed E-state index contributed by atoms with van der Waals surface area (Å²) in [6, 6.07) is 0. The van der Waals surface area contributed by atoms with E-state index >= 15 is 0 Å². The van der Waals surface area contributed by atoms with Crippen LogP contribution in [0, 0.1) is 6.92 Å². The Morgan fingerprint density at radius 1 is 1.78 bits per heavy atom. The molecule has 0 aliphatic heterocycles. The fraction of sp³-hybridized carbons (Fsp3) is 0.600. The highest BCUT2D eigenvalue weighted by atomic mass is 15.4. The van der Waals surface area contributed by atoms with Crippen molar-refractivity contribution in [3.8, 4) is 0 Å². The van der Waals surface area contributed by atoms with Crippen molar-refractivity contribution in [1.82, 2.24) is 20.3 Å². The summed E-state index contributed by atoms with van der Waals surface area (Å²) >= 11 is 0. The van der Waals surface area contributed by atoms with E-state index in [1.807, 2.05) is 20.2 Å². The minimum Gasteiger partial charge on any atom is -0.301 e. The van der Waals surface area contributed by atoms with Crippen LogP contribution >= 0.6 is 0 Å². The smallest absolute Gasteiger partial charge is 0.0919 e. The second kappa shape index (κ2) is 2.59. The fourth-order valence-electron chi connectivity index (χ4n) is 0.635. The van der Waals surface area contributed by atoms with Gasteiger partial charge in [-0.1, -0.05) is 5.21 Å². The molecule has 1 rings (SSSR count). The highest BCUT2D eigenvalue weighted by molar-refractivity contribution is 4.85. The summed E-state index contributed by atoms with van der Waals surface area (Å²) in [6.07, 6.45) is 1.89. The minimum atomic E-state index is 0.723. The number of hydrogen-bond acceptors (Lipinski definition) is 3. The van der Waals surface area contributed by atoms with E-state index in [4.69, 9.17) is 0 Å². The van der Waals surface area contributed by atoms with Crippen LogP contribution in [0.3, 0.4) is 0 Å². The summed E-state index contributed by atoms with van der Waals surface area (Å²) in [4.78, 5) is 0. The van der Waals surface area contributed by atoms with Gasteiger partial charge in [-0.3, -0.25) is 0 Å². The van der Waals surface area contributed by atoms with Gasteiger partial charge in [-0.25, -0.2) is 4.68 Å². The fourth-order valence-corrected chi connectivity index (χ4v) is 0.635. The van der Waals surface area contributed by atoms with Crippen LogP contribution in [-0.4, -0.2) is 22.0 Å². The molecule has 0 amide bonds. The van der Waals surface area contributed by atoms with Crippen molar-refractivity contribution in [3.63, 3.8) is 0 Å². The second-order valence-electron chi connectivity index (χ2n) is 1.91. The predicted molar refractivity (Wildman–Crippen MR) is 33.8 cm³/mol. The van der Waals surface area contributed by atoms with E-state index < -0.39 is 0 Å². The van der Waals surface area contributed by atoms with Crippen LogP contribution in [0.2, 0.25) is 0 Å². The van der Waals surface area contributed by atoms with Crippen molar-refractivity contribution in [2.45, 2.75) is 13.6 Å². The third-order valence-corrected chi connectivity index (χ3v) is 0.973. The predicted octanol–water partition coefficient (Wildman–Crippen LogP) is -0.237. The monoisotopic (exact) mass is 126 g/mol. The van der Waals surface area contributed by atoms with E-state index in [0.29, 0.717) is 0 Å². The van der Waals surface area contributed by atoms with Gasteiger partial charge in [-0.15, -0.1) is 5.10 Å². The molecule has 0 aromatic carbocycles. The van der Waals surface area contributed by atoms with Crippen molar-refractivity contribution in [2.24, 2.45) is 0 Å². The van der Waals surface area contributed by atoms with Crippen LogP contribution in [0.1, 0.15) is 5.69 Å². The highest BCUT2D eigenvalue weighted by Crippen LogP contribution is 1.85. The summed E-state index contributed by atoms with van der Waals surface area (Å²) in [5.41, 5.74) is 0.949. The Kier molecular flexibility index (Phi) is 1.79. The Labute approximate surface area is 53.9 Å². The van der Waals surface area contributed by atoms with Gasteiger partial charge in [-0.2, -0.15) is 0 Å². The van der Waals surface area contributed by atoms with Crippen LogP contribution in [0.15, 0.2) is 6.20 Å². The first-order valence-corrected chi connectivity index (χ1v) is 2.84. The summed E-state index contributed by atoms with van der Waals surface area (Å²) in [5.74, 6) is 0. The Morgan fingerprint density at radius 2 is 2.56 bits per heavy atom. The largest absolute Gasteiger partial charge is 0.301 e. The van der Waals surface area contributed by atoms with Gasteiger partial charge in [0.15, 0.2) is 0 Å². The molecule has 0 saturated heterocycles. The SMILES string of the molecule is CNCn1cc(C)nn1. The lowest BCUT2D eigenvalue weighted by molar-refractivity contribution is 0.537. The molecule has 9 heavy (non-hydrogen) atoms. The van der Waals surface area contributed by atoms with Crippen molar-refractivity contribution < 1.29 is 0 Å². The molecule has 1 N–H and O–H groups in total. The average Bonchev–Trinajstić information content (AvgIpc) is 2.17. The van der Waals surface area contributed by atoms with E-state index in [0.717, 1.165) is 12.4 Å².